The van der Waals surface area contributed by atoms with Crippen LogP contribution in [0, 0.1) is 28.6 Å². The Kier molecular flexibility index (Phi) is 5.79. The van der Waals surface area contributed by atoms with Crippen LogP contribution in [0.3, 0.4) is 0 Å². The van der Waals surface area contributed by atoms with Gasteiger partial charge in [0.05, 0.1) is 11.6 Å². The van der Waals surface area contributed by atoms with Gasteiger partial charge in [0.15, 0.2) is 5.57 Å². The topological polar surface area (TPSA) is 96.9 Å². The number of benzene rings is 1. The van der Waals surface area contributed by atoms with Crippen LogP contribution < -0.4 is 5.32 Å². The van der Waals surface area contributed by atoms with Crippen molar-refractivity contribution in [3.05, 3.63) is 41.2 Å². The Hall–Kier alpha value is -1.79. The number of carbonyl (C=O) groups excluding carboxylic acids is 1. The van der Waals surface area contributed by atoms with E-state index in [0.29, 0.717) is 11.3 Å². The third kappa shape index (κ3) is 3.85. The molecule has 0 aromatic heterocycles. The van der Waals surface area contributed by atoms with E-state index in [1.165, 1.54) is 0 Å². The molecule has 20 heavy (non-hydrogen) atoms. The molecule has 0 atom stereocenters. The van der Waals surface area contributed by atoms with Gasteiger partial charge >= 0.3 is 0 Å². The molecule has 0 spiro atoms. The third-order valence-corrected chi connectivity index (χ3v) is 2.83. The van der Waals surface area contributed by atoms with Crippen LogP contribution in [0.1, 0.15) is 18.4 Å². The molecule has 1 aliphatic carbocycles. The van der Waals surface area contributed by atoms with Crippen LogP contribution in [0.5, 0.6) is 0 Å². The molecular weight excluding hydrogens is 265 g/mol. The number of allylic oxidation sites excluding steroid dienone is 1. The summed E-state index contributed by atoms with van der Waals surface area (Å²) in [6.45, 7) is 0. The van der Waals surface area contributed by atoms with Crippen LogP contribution in [-0.2, 0) is 4.79 Å². The molecule has 6 heteroatoms. The molecule has 5 nitrogen and oxygen atoms in total. The van der Waals surface area contributed by atoms with Crippen molar-refractivity contribution >= 4 is 41.2 Å². The predicted octanol–water partition coefficient (Wildman–Crippen LogP) is 1.86. The molecule has 1 aromatic carbocycles. The summed E-state index contributed by atoms with van der Waals surface area (Å²) in [5.41, 5.74) is 0.710. The number of hydrogen-bond acceptors (Lipinski definition) is 4. The molecule has 1 fully saturated rings. The van der Waals surface area contributed by atoms with E-state index in [2.05, 4.69) is 5.32 Å². The maximum absolute atomic E-state index is 11.9. The van der Waals surface area contributed by atoms with Gasteiger partial charge in [-0.3, -0.25) is 4.79 Å². The van der Waals surface area contributed by atoms with Crippen LogP contribution in [0.15, 0.2) is 35.6 Å². The molecule has 2 rings (SSSR count). The maximum atomic E-state index is 11.9. The first-order chi connectivity index (χ1) is 9.15. The Balaban J connectivity index is 0.00000200. The second-order valence-electron chi connectivity index (χ2n) is 4.29. The van der Waals surface area contributed by atoms with Gasteiger partial charge in [0.2, 0.25) is 0 Å². The van der Waals surface area contributed by atoms with E-state index in [4.69, 9.17) is 10.5 Å². The van der Waals surface area contributed by atoms with Gasteiger partial charge in [-0.05, 0) is 37.1 Å². The fourth-order valence-electron chi connectivity index (χ4n) is 1.61. The van der Waals surface area contributed by atoms with E-state index in [0.717, 1.165) is 12.8 Å². The predicted molar refractivity (Wildman–Crippen MR) is 73.5 cm³/mol. The van der Waals surface area contributed by atoms with Crippen LogP contribution in [-0.4, -0.2) is 40.6 Å². The summed E-state index contributed by atoms with van der Waals surface area (Å²) in [4.78, 5) is 11.9. The number of anilines is 1. The number of aliphatic hydroxyl groups excluding tert-OH is 1. The van der Waals surface area contributed by atoms with Gasteiger partial charge in [-0.25, -0.2) is 0 Å². The van der Waals surface area contributed by atoms with Gasteiger partial charge in [0.1, 0.15) is 11.8 Å². The number of hydrogen-bond donors (Lipinski definition) is 2. The third-order valence-electron chi connectivity index (χ3n) is 2.83. The first-order valence-electron chi connectivity index (χ1n) is 5.80. The summed E-state index contributed by atoms with van der Waals surface area (Å²) in [5.74, 6) is -0.813. The van der Waals surface area contributed by atoms with Crippen molar-refractivity contribution < 1.29 is 9.90 Å². The summed E-state index contributed by atoms with van der Waals surface area (Å²) >= 11 is 0. The molecular formula is C14H11N3NaO2. The Morgan fingerprint density at radius 3 is 2.30 bits per heavy atom. The minimum Gasteiger partial charge on any atom is -0.510 e. The van der Waals surface area contributed by atoms with Crippen molar-refractivity contribution in [3.63, 3.8) is 0 Å². The first-order valence-corrected chi connectivity index (χ1v) is 5.80. The van der Waals surface area contributed by atoms with Crippen LogP contribution >= 0.6 is 0 Å². The quantitative estimate of drug-likeness (QED) is 0.381. The van der Waals surface area contributed by atoms with Gasteiger partial charge < -0.3 is 10.4 Å². The minimum atomic E-state index is -0.628. The fraction of sp³-hybridized carbons (Fsp3) is 0.214. The summed E-state index contributed by atoms with van der Waals surface area (Å²) in [6.07, 6.45) is 1.61. The molecule has 1 radical (unpaired) electrons. The molecule has 1 aromatic rings. The number of carbonyl (C=O) groups is 1. The van der Waals surface area contributed by atoms with Gasteiger partial charge in [-0.15, -0.1) is 0 Å². The fourth-order valence-corrected chi connectivity index (χ4v) is 1.61. The molecule has 0 bridgehead atoms. The minimum absolute atomic E-state index is 0. The Morgan fingerprint density at radius 1 is 1.25 bits per heavy atom. The summed E-state index contributed by atoms with van der Waals surface area (Å²) in [7, 11) is 0. The molecule has 0 heterocycles. The van der Waals surface area contributed by atoms with Crippen molar-refractivity contribution in [1.29, 1.82) is 10.5 Å². The largest absolute Gasteiger partial charge is 0.510 e. The van der Waals surface area contributed by atoms with Crippen LogP contribution in [0.4, 0.5) is 5.69 Å². The van der Waals surface area contributed by atoms with Crippen molar-refractivity contribution in [3.8, 4) is 12.1 Å². The Morgan fingerprint density at radius 2 is 1.85 bits per heavy atom. The number of aliphatic hydroxyl groups is 1. The van der Waals surface area contributed by atoms with Crippen LogP contribution in [0.25, 0.3) is 0 Å². The zero-order valence-corrected chi connectivity index (χ0v) is 13.1. The zero-order valence-electron chi connectivity index (χ0n) is 11.1. The van der Waals surface area contributed by atoms with Crippen molar-refractivity contribution in [2.45, 2.75) is 12.8 Å². The second kappa shape index (κ2) is 7.12. The van der Waals surface area contributed by atoms with E-state index in [1.807, 2.05) is 6.07 Å². The molecule has 1 saturated carbocycles. The smallest absolute Gasteiger partial charge is 0.269 e. The molecule has 2 N–H and O–H groups in total. The van der Waals surface area contributed by atoms with Crippen molar-refractivity contribution in [2.24, 2.45) is 5.92 Å². The van der Waals surface area contributed by atoms with Crippen LogP contribution in [0.2, 0.25) is 0 Å². The van der Waals surface area contributed by atoms with Gasteiger partial charge in [0.25, 0.3) is 5.91 Å². The van der Waals surface area contributed by atoms with E-state index in [1.54, 1.807) is 30.3 Å². The molecule has 1 amide bonds. The maximum Gasteiger partial charge on any atom is 0.269 e. The number of amides is 1. The van der Waals surface area contributed by atoms with Gasteiger partial charge in [-0.2, -0.15) is 10.5 Å². The number of nitrogens with one attached hydrogen (secondary N) is 1. The standard InChI is InChI=1S/C14H11N3O2.Na/c15-7-9-1-5-11(6-2-9)17-14(19)12(8-16)13(18)10-3-4-10;/h1-2,5-6,10,18H,3-4H2,(H,17,19);/b13-12-;. The number of nitriles is 2. The van der Waals surface area contributed by atoms with Gasteiger partial charge in [-0.1, -0.05) is 0 Å². The van der Waals surface area contributed by atoms with Crippen molar-refractivity contribution in [2.75, 3.05) is 5.32 Å². The molecule has 95 valence electrons. The first kappa shape index (κ1) is 16.3. The number of nitrogens with zero attached hydrogens (tertiary/aromatic N) is 2. The average molecular weight is 276 g/mol. The molecule has 0 saturated heterocycles. The summed E-state index contributed by atoms with van der Waals surface area (Å²) in [6, 6.07) is 9.96. The summed E-state index contributed by atoms with van der Waals surface area (Å²) < 4.78 is 0. The van der Waals surface area contributed by atoms with E-state index < -0.39 is 5.91 Å². The normalized spacial score (nSPS) is 14.1. The molecule has 0 unspecified atom stereocenters. The van der Waals surface area contributed by atoms with E-state index in [9.17, 15) is 9.90 Å². The zero-order chi connectivity index (χ0) is 13.8. The van der Waals surface area contributed by atoms with Gasteiger partial charge in [0, 0.05) is 41.2 Å². The monoisotopic (exact) mass is 276 g/mol. The number of rotatable bonds is 3. The second-order valence-corrected chi connectivity index (χ2v) is 4.29. The SMILES string of the molecule is N#C/C(C(=O)Nc1ccc(C#N)cc1)=C(/O)C1CC1.[Na]. The van der Waals surface area contributed by atoms with Crippen molar-refractivity contribution in [1.82, 2.24) is 0 Å². The molecule has 0 aliphatic heterocycles. The average Bonchev–Trinajstić information content (AvgIpc) is 3.24. The molecule has 1 aliphatic rings. The van der Waals surface area contributed by atoms with E-state index >= 15 is 0 Å². The Bertz CT molecular complexity index is 619. The van der Waals surface area contributed by atoms with E-state index in [-0.39, 0.29) is 46.8 Å². The Labute approximate surface area is 138 Å². The summed E-state index contributed by atoms with van der Waals surface area (Å²) in [5, 5.41) is 29.8.